The van der Waals surface area contributed by atoms with Gasteiger partial charge in [0.25, 0.3) is 0 Å². The first kappa shape index (κ1) is 21.0. The number of para-hydroxylation sites is 2. The van der Waals surface area contributed by atoms with Gasteiger partial charge >= 0.3 is 0 Å². The summed E-state index contributed by atoms with van der Waals surface area (Å²) >= 11 is 3.28. The van der Waals surface area contributed by atoms with E-state index in [0.717, 1.165) is 4.47 Å². The third-order valence-electron chi connectivity index (χ3n) is 4.19. The van der Waals surface area contributed by atoms with Crippen LogP contribution in [0, 0.1) is 0 Å². The lowest BCUT2D eigenvalue weighted by molar-refractivity contribution is -0.116. The first-order chi connectivity index (χ1) is 13.8. The molecule has 150 valence electrons. The summed E-state index contributed by atoms with van der Waals surface area (Å²) in [5, 5.41) is 12.5. The minimum Gasteiger partial charge on any atom is -0.506 e. The molecule has 0 bridgehead atoms. The van der Waals surface area contributed by atoms with Gasteiger partial charge in [0.2, 0.25) is 15.9 Å². The van der Waals surface area contributed by atoms with Gasteiger partial charge in [-0.3, -0.25) is 4.79 Å². The molecule has 3 N–H and O–H groups in total. The minimum atomic E-state index is -3.85. The number of sulfonamides is 1. The average molecular weight is 475 g/mol. The molecule has 3 aromatic carbocycles. The molecule has 0 aromatic heterocycles. The number of anilines is 1. The van der Waals surface area contributed by atoms with Crippen LogP contribution in [-0.4, -0.2) is 19.4 Å². The van der Waals surface area contributed by atoms with E-state index in [-0.39, 0.29) is 22.8 Å². The van der Waals surface area contributed by atoms with Crippen molar-refractivity contribution in [1.82, 2.24) is 4.72 Å². The number of hydrogen-bond acceptors (Lipinski definition) is 4. The number of phenolic OH excluding ortho intramolecular Hbond substituents is 1. The zero-order valence-electron chi connectivity index (χ0n) is 15.2. The van der Waals surface area contributed by atoms with Crippen molar-refractivity contribution in [3.05, 3.63) is 88.9 Å². The monoisotopic (exact) mass is 474 g/mol. The zero-order valence-corrected chi connectivity index (χ0v) is 17.7. The number of benzene rings is 3. The Kier molecular flexibility index (Phi) is 6.68. The van der Waals surface area contributed by atoms with Gasteiger partial charge in [-0.25, -0.2) is 13.1 Å². The van der Waals surface area contributed by atoms with Gasteiger partial charge in [-0.2, -0.15) is 0 Å². The van der Waals surface area contributed by atoms with E-state index < -0.39 is 22.0 Å². The van der Waals surface area contributed by atoms with Crippen LogP contribution >= 0.6 is 15.9 Å². The van der Waals surface area contributed by atoms with Crippen molar-refractivity contribution in [3.63, 3.8) is 0 Å². The van der Waals surface area contributed by atoms with Crippen LogP contribution in [0.5, 0.6) is 5.75 Å². The molecule has 0 radical (unpaired) electrons. The number of rotatable bonds is 7. The number of aromatic hydroxyl groups is 1. The van der Waals surface area contributed by atoms with Crippen molar-refractivity contribution >= 4 is 37.5 Å². The molecule has 1 atom stereocenters. The Balaban J connectivity index is 1.82. The molecule has 3 rings (SSSR count). The van der Waals surface area contributed by atoms with Crippen molar-refractivity contribution in [3.8, 4) is 5.75 Å². The Hall–Kier alpha value is -2.68. The summed E-state index contributed by atoms with van der Waals surface area (Å²) in [6.45, 7) is 0. The van der Waals surface area contributed by atoms with Gasteiger partial charge in [0.05, 0.1) is 16.6 Å². The molecule has 8 heteroatoms. The fourth-order valence-electron chi connectivity index (χ4n) is 2.75. The van der Waals surface area contributed by atoms with Gasteiger partial charge in [-0.15, -0.1) is 0 Å². The molecule has 0 aliphatic carbocycles. The topological polar surface area (TPSA) is 95.5 Å². The molecule has 29 heavy (non-hydrogen) atoms. The molecule has 0 aliphatic heterocycles. The standard InChI is InChI=1S/C21H19BrN2O4S/c22-16-10-12-17(13-11-16)29(27,28)24-19(15-6-2-1-3-7-15)14-21(26)23-18-8-4-5-9-20(18)25/h1-13,19,24-25H,14H2,(H,23,26). The second-order valence-electron chi connectivity index (χ2n) is 6.31. The van der Waals surface area contributed by atoms with Gasteiger partial charge < -0.3 is 10.4 Å². The Labute approximate surface area is 177 Å². The van der Waals surface area contributed by atoms with Crippen LogP contribution in [0.1, 0.15) is 18.0 Å². The van der Waals surface area contributed by atoms with E-state index in [1.807, 2.05) is 6.07 Å². The summed E-state index contributed by atoms with van der Waals surface area (Å²) in [4.78, 5) is 12.7. The van der Waals surface area contributed by atoms with Gasteiger partial charge in [0, 0.05) is 10.9 Å². The fourth-order valence-corrected chi connectivity index (χ4v) is 4.24. The molecular formula is C21H19BrN2O4S. The first-order valence-corrected chi connectivity index (χ1v) is 11.0. The number of carbonyl (C=O) groups excluding carboxylic acids is 1. The fraction of sp³-hybridized carbons (Fsp3) is 0.0952. The average Bonchev–Trinajstić information content (AvgIpc) is 2.70. The van der Waals surface area contributed by atoms with Gasteiger partial charge in [0.15, 0.2) is 0 Å². The highest BCUT2D eigenvalue weighted by atomic mass is 79.9. The Morgan fingerprint density at radius 2 is 1.55 bits per heavy atom. The highest BCUT2D eigenvalue weighted by molar-refractivity contribution is 9.10. The van der Waals surface area contributed by atoms with Crippen molar-refractivity contribution < 1.29 is 18.3 Å². The van der Waals surface area contributed by atoms with E-state index in [0.29, 0.717) is 5.56 Å². The van der Waals surface area contributed by atoms with Crippen molar-refractivity contribution in [1.29, 1.82) is 0 Å². The smallest absolute Gasteiger partial charge is 0.241 e. The number of halogens is 1. The van der Waals surface area contributed by atoms with E-state index in [2.05, 4.69) is 26.0 Å². The normalized spacial score (nSPS) is 12.3. The lowest BCUT2D eigenvalue weighted by atomic mass is 10.0. The van der Waals surface area contributed by atoms with E-state index in [4.69, 9.17) is 0 Å². The lowest BCUT2D eigenvalue weighted by Gasteiger charge is -2.19. The first-order valence-electron chi connectivity index (χ1n) is 8.76. The number of carbonyl (C=O) groups is 1. The maximum atomic E-state index is 12.8. The molecule has 3 aromatic rings. The number of nitrogens with one attached hydrogen (secondary N) is 2. The number of phenols is 1. The maximum absolute atomic E-state index is 12.8. The van der Waals surface area contributed by atoms with Crippen molar-refractivity contribution in [2.45, 2.75) is 17.4 Å². The van der Waals surface area contributed by atoms with Crippen molar-refractivity contribution in [2.24, 2.45) is 0 Å². The van der Waals surface area contributed by atoms with E-state index >= 15 is 0 Å². The van der Waals surface area contributed by atoms with Gasteiger partial charge in [0.1, 0.15) is 5.75 Å². The van der Waals surface area contributed by atoms with Gasteiger partial charge in [-0.05, 0) is 42.0 Å². The Bertz CT molecular complexity index is 1090. The van der Waals surface area contributed by atoms with Crippen LogP contribution < -0.4 is 10.0 Å². The summed E-state index contributed by atoms with van der Waals surface area (Å²) in [7, 11) is -3.85. The highest BCUT2D eigenvalue weighted by Gasteiger charge is 2.24. The Morgan fingerprint density at radius 3 is 2.21 bits per heavy atom. The number of hydrogen-bond donors (Lipinski definition) is 3. The largest absolute Gasteiger partial charge is 0.506 e. The van der Waals surface area contributed by atoms with Crippen LogP contribution in [0.15, 0.2) is 88.2 Å². The second kappa shape index (κ2) is 9.21. The molecule has 0 fully saturated rings. The zero-order chi connectivity index (χ0) is 20.9. The Morgan fingerprint density at radius 1 is 0.931 bits per heavy atom. The molecular weight excluding hydrogens is 456 g/mol. The summed E-state index contributed by atoms with van der Waals surface area (Å²) < 4.78 is 29.0. The van der Waals surface area contributed by atoms with Crippen LogP contribution in [0.3, 0.4) is 0 Å². The molecule has 1 unspecified atom stereocenters. The van der Waals surface area contributed by atoms with Crippen molar-refractivity contribution in [2.75, 3.05) is 5.32 Å². The van der Waals surface area contributed by atoms with Crippen LogP contribution in [0.4, 0.5) is 5.69 Å². The van der Waals surface area contributed by atoms with Crippen LogP contribution in [0.25, 0.3) is 0 Å². The molecule has 0 saturated carbocycles. The summed E-state index contributed by atoms with van der Waals surface area (Å²) in [6.07, 6.45) is -0.145. The molecule has 0 saturated heterocycles. The van der Waals surface area contributed by atoms with Crippen LogP contribution in [0.2, 0.25) is 0 Å². The summed E-state index contributed by atoms with van der Waals surface area (Å²) in [6, 6.07) is 20.7. The van der Waals surface area contributed by atoms with Gasteiger partial charge in [-0.1, -0.05) is 58.4 Å². The minimum absolute atomic E-state index is 0.0624. The van der Waals surface area contributed by atoms with E-state index in [9.17, 15) is 18.3 Å². The molecule has 6 nitrogen and oxygen atoms in total. The maximum Gasteiger partial charge on any atom is 0.241 e. The predicted octanol–water partition coefficient (Wildman–Crippen LogP) is 4.20. The molecule has 1 amide bonds. The third-order valence-corrected chi connectivity index (χ3v) is 6.21. The van der Waals surface area contributed by atoms with E-state index in [1.54, 1.807) is 54.6 Å². The predicted molar refractivity (Wildman–Crippen MR) is 115 cm³/mol. The quantitative estimate of drug-likeness (QED) is 0.447. The third kappa shape index (κ3) is 5.66. The number of amides is 1. The summed E-state index contributed by atoms with van der Waals surface area (Å²) in [5.41, 5.74) is 0.917. The van der Waals surface area contributed by atoms with E-state index in [1.165, 1.54) is 18.2 Å². The highest BCUT2D eigenvalue weighted by Crippen LogP contribution is 2.25. The second-order valence-corrected chi connectivity index (χ2v) is 8.94. The molecule has 0 heterocycles. The summed E-state index contributed by atoms with van der Waals surface area (Å²) in [5.74, 6) is -0.494. The molecule has 0 aliphatic rings. The molecule has 0 spiro atoms. The van der Waals surface area contributed by atoms with Crippen LogP contribution in [-0.2, 0) is 14.8 Å². The SMILES string of the molecule is O=C(CC(NS(=O)(=O)c1ccc(Br)cc1)c1ccccc1)Nc1ccccc1O. The lowest BCUT2D eigenvalue weighted by Crippen LogP contribution is -2.31.